The molecule has 0 bridgehead atoms. The summed E-state index contributed by atoms with van der Waals surface area (Å²) in [4.78, 5) is 28.2. The van der Waals surface area contributed by atoms with E-state index in [0.29, 0.717) is 0 Å². The minimum atomic E-state index is -1.08. The normalized spacial score (nSPS) is 27.2. The molecule has 0 spiro atoms. The zero-order valence-corrected chi connectivity index (χ0v) is 6.94. The molecule has 0 aromatic carbocycles. The van der Waals surface area contributed by atoms with E-state index >= 15 is 0 Å². The fourth-order valence-electron chi connectivity index (χ4n) is 1.38. The van der Waals surface area contributed by atoms with Crippen molar-refractivity contribution in [2.45, 2.75) is 31.2 Å². The summed E-state index contributed by atoms with van der Waals surface area (Å²) < 4.78 is 0. The number of nitrogens with zero attached hydrogens (tertiary/aromatic N) is 2. The number of hydrogen-bond acceptors (Lipinski definition) is 7. The minimum Gasteiger partial charge on any atom is -0.393 e. The van der Waals surface area contributed by atoms with Gasteiger partial charge in [-0.2, -0.15) is 0 Å². The van der Waals surface area contributed by atoms with E-state index in [4.69, 9.17) is 5.11 Å². The fourth-order valence-corrected chi connectivity index (χ4v) is 1.38. The molecular formula is C5H8N2O7. The molecule has 9 nitrogen and oxygen atoms in total. The number of aliphatic hydroxyl groups is 1. The van der Waals surface area contributed by atoms with Gasteiger partial charge in [0.1, 0.15) is 12.2 Å². The molecule has 1 rings (SSSR count). The van der Waals surface area contributed by atoms with Crippen LogP contribution in [0.1, 0.15) is 12.8 Å². The predicted octanol–water partition coefficient (Wildman–Crippen LogP) is -0.705. The first-order valence-corrected chi connectivity index (χ1v) is 3.79. The smallest absolute Gasteiger partial charge is 0.294 e. The lowest BCUT2D eigenvalue weighted by molar-refractivity contribution is -0.797. The molecule has 0 aromatic heterocycles. The molecule has 0 aromatic rings. The Bertz CT molecular complexity index is 220. The van der Waals surface area contributed by atoms with Crippen LogP contribution in [0.5, 0.6) is 0 Å². The van der Waals surface area contributed by atoms with Gasteiger partial charge in [0.15, 0.2) is 0 Å². The van der Waals surface area contributed by atoms with Crippen molar-refractivity contribution in [1.82, 2.24) is 0 Å². The molecule has 0 unspecified atom stereocenters. The fraction of sp³-hybridized carbons (Fsp3) is 1.00. The Morgan fingerprint density at radius 1 is 1.07 bits per heavy atom. The highest BCUT2D eigenvalue weighted by atomic mass is 17.0. The molecule has 1 aliphatic carbocycles. The van der Waals surface area contributed by atoms with Gasteiger partial charge in [0.05, 0.1) is 6.10 Å². The van der Waals surface area contributed by atoms with Gasteiger partial charge in [-0.25, -0.2) is 0 Å². The van der Waals surface area contributed by atoms with Gasteiger partial charge in [-0.1, -0.05) is 0 Å². The maximum absolute atomic E-state index is 9.97. The van der Waals surface area contributed by atoms with Crippen LogP contribution in [0.25, 0.3) is 0 Å². The average molecular weight is 208 g/mol. The van der Waals surface area contributed by atoms with Gasteiger partial charge in [0.2, 0.25) is 0 Å². The van der Waals surface area contributed by atoms with Crippen molar-refractivity contribution in [3.8, 4) is 0 Å². The molecule has 1 aliphatic rings. The van der Waals surface area contributed by atoms with E-state index in [1.807, 2.05) is 0 Å². The summed E-state index contributed by atoms with van der Waals surface area (Å²) in [6.45, 7) is 0. The highest BCUT2D eigenvalue weighted by Gasteiger charge is 2.38. The third-order valence-electron chi connectivity index (χ3n) is 1.87. The first-order chi connectivity index (χ1) is 6.49. The Morgan fingerprint density at radius 2 is 1.43 bits per heavy atom. The van der Waals surface area contributed by atoms with E-state index in [-0.39, 0.29) is 12.8 Å². The molecule has 2 atom stereocenters. The Kier molecular flexibility index (Phi) is 3.02. The van der Waals surface area contributed by atoms with Crippen LogP contribution in [0.3, 0.4) is 0 Å². The molecule has 1 saturated carbocycles. The maximum Gasteiger partial charge on any atom is 0.294 e. The van der Waals surface area contributed by atoms with Crippen LogP contribution in [0.15, 0.2) is 0 Å². The van der Waals surface area contributed by atoms with E-state index in [2.05, 4.69) is 9.68 Å². The summed E-state index contributed by atoms with van der Waals surface area (Å²) in [5, 5.41) is 26.9. The summed E-state index contributed by atoms with van der Waals surface area (Å²) in [7, 11) is 0. The van der Waals surface area contributed by atoms with Crippen molar-refractivity contribution in [2.24, 2.45) is 0 Å². The molecular weight excluding hydrogens is 200 g/mol. The second-order valence-electron chi connectivity index (χ2n) is 2.86. The molecule has 14 heavy (non-hydrogen) atoms. The molecule has 1 fully saturated rings. The number of hydrogen-bond donors (Lipinski definition) is 1. The molecule has 0 radical (unpaired) electrons. The third kappa shape index (κ3) is 2.69. The zero-order valence-electron chi connectivity index (χ0n) is 6.94. The Balaban J connectivity index is 2.53. The van der Waals surface area contributed by atoms with E-state index in [9.17, 15) is 20.2 Å². The van der Waals surface area contributed by atoms with Gasteiger partial charge in [0.25, 0.3) is 10.2 Å². The van der Waals surface area contributed by atoms with Crippen molar-refractivity contribution in [3.63, 3.8) is 0 Å². The van der Waals surface area contributed by atoms with Gasteiger partial charge in [-0.3, -0.25) is 0 Å². The molecule has 1 N–H and O–H groups in total. The van der Waals surface area contributed by atoms with Crippen LogP contribution >= 0.6 is 0 Å². The van der Waals surface area contributed by atoms with Crippen molar-refractivity contribution in [2.75, 3.05) is 0 Å². The van der Waals surface area contributed by atoms with E-state index in [1.165, 1.54) is 0 Å². The van der Waals surface area contributed by atoms with Gasteiger partial charge >= 0.3 is 0 Å². The van der Waals surface area contributed by atoms with E-state index in [0.717, 1.165) is 0 Å². The van der Waals surface area contributed by atoms with Crippen molar-refractivity contribution >= 4 is 0 Å². The first kappa shape index (κ1) is 10.4. The summed E-state index contributed by atoms with van der Waals surface area (Å²) in [5.41, 5.74) is 0. The van der Waals surface area contributed by atoms with Crippen LogP contribution in [0.2, 0.25) is 0 Å². The lowest BCUT2D eigenvalue weighted by Crippen LogP contribution is -2.30. The predicted molar refractivity (Wildman–Crippen MR) is 39.0 cm³/mol. The molecule has 0 amide bonds. The second-order valence-corrected chi connectivity index (χ2v) is 2.86. The number of rotatable bonds is 4. The SMILES string of the molecule is O=[N+]([O-])O[C@@H]1CC(O)C[C@H]1O[N+](=O)[O-]. The van der Waals surface area contributed by atoms with Gasteiger partial charge in [-0.05, 0) is 0 Å². The molecule has 80 valence electrons. The molecule has 0 heterocycles. The standard InChI is InChI=1S/C5H8N2O7/c8-3-1-4(13-6(9)10)5(2-3)14-7(11)12/h3-5,8H,1-2H2/t4-,5-/m1/s1. The summed E-state index contributed by atoms with van der Waals surface area (Å²) >= 11 is 0. The Labute approximate surface area is 77.4 Å². The number of aliphatic hydroxyl groups excluding tert-OH is 1. The minimum absolute atomic E-state index is 0.0422. The Morgan fingerprint density at radius 3 is 1.71 bits per heavy atom. The highest BCUT2D eigenvalue weighted by Crippen LogP contribution is 2.25. The summed E-state index contributed by atoms with van der Waals surface area (Å²) in [5.74, 6) is 0. The quantitative estimate of drug-likeness (QED) is 0.477. The monoisotopic (exact) mass is 208 g/mol. The molecule has 0 aliphatic heterocycles. The van der Waals surface area contributed by atoms with Crippen LogP contribution in [0.4, 0.5) is 0 Å². The van der Waals surface area contributed by atoms with Crippen molar-refractivity contribution in [1.29, 1.82) is 0 Å². The largest absolute Gasteiger partial charge is 0.393 e. The van der Waals surface area contributed by atoms with Crippen LogP contribution in [-0.2, 0) is 9.68 Å². The van der Waals surface area contributed by atoms with Crippen LogP contribution in [0, 0.1) is 20.2 Å². The van der Waals surface area contributed by atoms with E-state index < -0.39 is 28.5 Å². The van der Waals surface area contributed by atoms with Crippen molar-refractivity contribution in [3.05, 3.63) is 20.2 Å². The Hall–Kier alpha value is -1.64. The topological polar surface area (TPSA) is 125 Å². The molecule has 0 saturated heterocycles. The zero-order chi connectivity index (χ0) is 10.7. The average Bonchev–Trinajstić information content (AvgIpc) is 2.28. The maximum atomic E-state index is 9.97. The lowest BCUT2D eigenvalue weighted by Gasteiger charge is -2.14. The third-order valence-corrected chi connectivity index (χ3v) is 1.87. The summed E-state index contributed by atoms with van der Waals surface area (Å²) in [6, 6.07) is 0. The molecule has 9 heteroatoms. The summed E-state index contributed by atoms with van der Waals surface area (Å²) in [6.07, 6.45) is -3.11. The van der Waals surface area contributed by atoms with Crippen LogP contribution in [-0.4, -0.2) is 33.6 Å². The van der Waals surface area contributed by atoms with Crippen LogP contribution < -0.4 is 0 Å². The van der Waals surface area contributed by atoms with Crippen molar-refractivity contribution < 1.29 is 25.0 Å². The highest BCUT2D eigenvalue weighted by molar-refractivity contribution is 4.83. The van der Waals surface area contributed by atoms with Gasteiger partial charge in [-0.15, -0.1) is 20.2 Å². The first-order valence-electron chi connectivity index (χ1n) is 3.79. The van der Waals surface area contributed by atoms with Gasteiger partial charge < -0.3 is 14.8 Å². The van der Waals surface area contributed by atoms with E-state index in [1.54, 1.807) is 0 Å². The second kappa shape index (κ2) is 4.05. The lowest BCUT2D eigenvalue weighted by atomic mass is 10.3. The van der Waals surface area contributed by atoms with Gasteiger partial charge in [0, 0.05) is 12.8 Å².